The van der Waals surface area contributed by atoms with E-state index in [9.17, 15) is 13.2 Å². The normalized spacial score (nSPS) is 11.7. The first-order chi connectivity index (χ1) is 13.2. The molecule has 1 N–H and O–H groups in total. The van der Waals surface area contributed by atoms with Crippen molar-refractivity contribution in [2.24, 2.45) is 12.0 Å². The summed E-state index contributed by atoms with van der Waals surface area (Å²) in [5, 5.41) is 6.46. The number of alkyl halides is 3. The summed E-state index contributed by atoms with van der Waals surface area (Å²) in [6, 6.07) is 5.45. The Morgan fingerprint density at radius 2 is 1.93 bits per heavy atom. The highest BCUT2D eigenvalue weighted by Gasteiger charge is 2.36. The number of nitrogens with one attached hydrogen (secondary N) is 1. The van der Waals surface area contributed by atoms with Crippen molar-refractivity contribution in [1.82, 2.24) is 20.0 Å². The second kappa shape index (κ2) is 10.6. The van der Waals surface area contributed by atoms with E-state index >= 15 is 0 Å². The van der Waals surface area contributed by atoms with E-state index in [0.717, 1.165) is 10.2 Å². The molecule has 1 aromatic carbocycles. The molecule has 0 aliphatic heterocycles. The van der Waals surface area contributed by atoms with Gasteiger partial charge in [-0.05, 0) is 12.1 Å². The van der Waals surface area contributed by atoms with Gasteiger partial charge in [-0.1, -0.05) is 0 Å². The topological polar surface area (TPSA) is 63.9 Å². The molecule has 0 saturated heterocycles. The number of methoxy groups -OCH3 is 2. The molecule has 0 bridgehead atoms. The second-order valence-corrected chi connectivity index (χ2v) is 6.11. The number of nitrogens with zero attached hydrogens (tertiary/aromatic N) is 4. The van der Waals surface area contributed by atoms with Crippen LogP contribution >= 0.6 is 24.0 Å². The molecule has 1 aromatic heterocycles. The molecule has 7 nitrogen and oxygen atoms in total. The van der Waals surface area contributed by atoms with E-state index in [2.05, 4.69) is 15.4 Å². The molecule has 0 aliphatic rings. The van der Waals surface area contributed by atoms with E-state index < -0.39 is 11.9 Å². The Labute approximate surface area is 184 Å². The molecule has 0 aliphatic carbocycles. The SMILES string of the molecule is CN=C(NCc1cn(C)nc1C(F)(F)F)N(C)Cc1ccc(OC)cc1OC.I. The second-order valence-electron chi connectivity index (χ2n) is 6.11. The number of guanidine groups is 1. The molecule has 2 aromatic rings. The molecule has 0 fully saturated rings. The average molecular weight is 527 g/mol. The van der Waals surface area contributed by atoms with Crippen LogP contribution in [0.1, 0.15) is 16.8 Å². The van der Waals surface area contributed by atoms with Gasteiger partial charge in [-0.15, -0.1) is 24.0 Å². The quantitative estimate of drug-likeness (QED) is 0.355. The summed E-state index contributed by atoms with van der Waals surface area (Å²) < 4.78 is 51.0. The number of aromatic nitrogens is 2. The Morgan fingerprint density at radius 3 is 2.48 bits per heavy atom. The standard InChI is InChI=1S/C18H24F3N5O2.HI/c1-22-17(23-9-13-11-26(3)24-16(13)18(19,20)21)25(2)10-12-6-7-14(27-4)8-15(12)28-5;/h6-8,11H,9-10H2,1-5H3,(H,22,23);1H. The molecular weight excluding hydrogens is 502 g/mol. The molecule has 0 spiro atoms. The van der Waals surface area contributed by atoms with Crippen molar-refractivity contribution in [3.63, 3.8) is 0 Å². The van der Waals surface area contributed by atoms with E-state index in [4.69, 9.17) is 9.47 Å². The predicted molar refractivity (Wildman–Crippen MR) is 115 cm³/mol. The lowest BCUT2D eigenvalue weighted by molar-refractivity contribution is -0.142. The third-order valence-electron chi connectivity index (χ3n) is 4.09. The van der Waals surface area contributed by atoms with E-state index in [0.29, 0.717) is 24.0 Å². The van der Waals surface area contributed by atoms with Gasteiger partial charge in [0.15, 0.2) is 11.7 Å². The van der Waals surface area contributed by atoms with Crippen LogP contribution in [-0.4, -0.2) is 49.0 Å². The summed E-state index contributed by atoms with van der Waals surface area (Å²) in [6.07, 6.45) is -3.17. The maximum Gasteiger partial charge on any atom is 0.435 e. The van der Waals surface area contributed by atoms with Crippen LogP contribution in [0.2, 0.25) is 0 Å². The minimum atomic E-state index is -4.51. The van der Waals surface area contributed by atoms with Gasteiger partial charge in [0, 0.05) is 57.6 Å². The highest BCUT2D eigenvalue weighted by atomic mass is 127. The van der Waals surface area contributed by atoms with Gasteiger partial charge in [-0.2, -0.15) is 18.3 Å². The van der Waals surface area contributed by atoms with Crippen molar-refractivity contribution >= 4 is 29.9 Å². The van der Waals surface area contributed by atoms with Gasteiger partial charge >= 0.3 is 6.18 Å². The molecule has 0 radical (unpaired) electrons. The Kier molecular flexibility index (Phi) is 9.05. The predicted octanol–water partition coefficient (Wildman–Crippen LogP) is 3.28. The highest BCUT2D eigenvalue weighted by molar-refractivity contribution is 14.0. The molecule has 162 valence electrons. The molecule has 0 unspecified atom stereocenters. The third kappa shape index (κ3) is 6.41. The number of aryl methyl sites for hydroxylation is 1. The van der Waals surface area contributed by atoms with Gasteiger partial charge in [-0.3, -0.25) is 9.67 Å². The number of hydrogen-bond donors (Lipinski definition) is 1. The molecule has 0 saturated carbocycles. The van der Waals surface area contributed by atoms with Crippen LogP contribution in [-0.2, 0) is 26.3 Å². The zero-order valence-electron chi connectivity index (χ0n) is 16.9. The maximum atomic E-state index is 13.1. The van der Waals surface area contributed by atoms with Crippen molar-refractivity contribution in [2.45, 2.75) is 19.3 Å². The van der Waals surface area contributed by atoms with Gasteiger partial charge < -0.3 is 19.7 Å². The summed E-state index contributed by atoms with van der Waals surface area (Å²) in [5.74, 6) is 1.75. The van der Waals surface area contributed by atoms with Gasteiger partial charge in [0.1, 0.15) is 11.5 Å². The minimum Gasteiger partial charge on any atom is -0.497 e. The van der Waals surface area contributed by atoms with E-state index in [1.807, 2.05) is 12.1 Å². The van der Waals surface area contributed by atoms with Gasteiger partial charge in [0.05, 0.1) is 14.2 Å². The minimum absolute atomic E-state index is 0. The lowest BCUT2D eigenvalue weighted by Crippen LogP contribution is -2.38. The number of benzene rings is 1. The number of aliphatic imine (C=N–C) groups is 1. The fourth-order valence-corrected chi connectivity index (χ4v) is 2.78. The van der Waals surface area contributed by atoms with Crippen molar-refractivity contribution in [3.05, 3.63) is 41.2 Å². The summed E-state index contributed by atoms with van der Waals surface area (Å²) in [7, 11) is 7.94. The van der Waals surface area contributed by atoms with Crippen molar-refractivity contribution in [2.75, 3.05) is 28.3 Å². The summed E-state index contributed by atoms with van der Waals surface area (Å²) in [6.45, 7) is 0.380. The average Bonchev–Trinajstić information content (AvgIpc) is 3.03. The lowest BCUT2D eigenvalue weighted by atomic mass is 10.2. The van der Waals surface area contributed by atoms with Crippen LogP contribution in [0.5, 0.6) is 11.5 Å². The molecule has 0 atom stereocenters. The lowest BCUT2D eigenvalue weighted by Gasteiger charge is -2.23. The summed E-state index contributed by atoms with van der Waals surface area (Å²) in [5.41, 5.74) is 0.0233. The number of rotatable bonds is 6. The van der Waals surface area contributed by atoms with Crippen LogP contribution < -0.4 is 14.8 Å². The Bertz CT molecular complexity index is 839. The highest BCUT2D eigenvalue weighted by Crippen LogP contribution is 2.30. The smallest absolute Gasteiger partial charge is 0.435 e. The number of hydrogen-bond acceptors (Lipinski definition) is 4. The first-order valence-electron chi connectivity index (χ1n) is 8.42. The molecule has 11 heteroatoms. The van der Waals surface area contributed by atoms with Crippen LogP contribution in [0.25, 0.3) is 0 Å². The Morgan fingerprint density at radius 1 is 1.24 bits per heavy atom. The molecule has 2 rings (SSSR count). The zero-order chi connectivity index (χ0) is 20.9. The zero-order valence-corrected chi connectivity index (χ0v) is 19.2. The fourth-order valence-electron chi connectivity index (χ4n) is 2.78. The fraction of sp³-hybridized carbons (Fsp3) is 0.444. The van der Waals surface area contributed by atoms with Crippen LogP contribution in [0.3, 0.4) is 0 Å². The number of ether oxygens (including phenoxy) is 2. The monoisotopic (exact) mass is 527 g/mol. The van der Waals surface area contributed by atoms with E-state index in [-0.39, 0.29) is 36.1 Å². The van der Waals surface area contributed by atoms with Gasteiger partial charge in [0.2, 0.25) is 0 Å². The van der Waals surface area contributed by atoms with Crippen LogP contribution in [0, 0.1) is 0 Å². The van der Waals surface area contributed by atoms with Crippen LogP contribution in [0.15, 0.2) is 29.4 Å². The van der Waals surface area contributed by atoms with Gasteiger partial charge in [0.25, 0.3) is 0 Å². The molecule has 29 heavy (non-hydrogen) atoms. The van der Waals surface area contributed by atoms with E-state index in [1.54, 1.807) is 39.3 Å². The molecule has 1 heterocycles. The molecular formula is C18H25F3IN5O2. The van der Waals surface area contributed by atoms with Crippen molar-refractivity contribution in [3.8, 4) is 11.5 Å². The van der Waals surface area contributed by atoms with E-state index in [1.165, 1.54) is 13.2 Å². The molecule has 0 amide bonds. The van der Waals surface area contributed by atoms with Crippen LogP contribution in [0.4, 0.5) is 13.2 Å². The van der Waals surface area contributed by atoms with Gasteiger partial charge in [-0.25, -0.2) is 0 Å². The summed E-state index contributed by atoms with van der Waals surface area (Å²) in [4.78, 5) is 5.93. The Hall–Kier alpha value is -2.18. The Balaban J connectivity index is 0.00000420. The van der Waals surface area contributed by atoms with Crippen molar-refractivity contribution < 1.29 is 22.6 Å². The number of halogens is 4. The first-order valence-corrected chi connectivity index (χ1v) is 8.42. The largest absolute Gasteiger partial charge is 0.497 e. The van der Waals surface area contributed by atoms with Crippen molar-refractivity contribution in [1.29, 1.82) is 0 Å². The maximum absolute atomic E-state index is 13.1. The first kappa shape index (κ1) is 24.9. The summed E-state index contributed by atoms with van der Waals surface area (Å²) >= 11 is 0. The third-order valence-corrected chi connectivity index (χ3v) is 4.09.